The van der Waals surface area contributed by atoms with Crippen LogP contribution < -0.4 is 31.8 Å². The summed E-state index contributed by atoms with van der Waals surface area (Å²) in [4.78, 5) is 0. The lowest BCUT2D eigenvalue weighted by Crippen LogP contribution is -2.26. The molecule has 230 valence electrons. The van der Waals surface area contributed by atoms with Crippen molar-refractivity contribution in [3.8, 4) is 11.1 Å². The number of aryl methyl sites for hydroxylation is 1. The van der Waals surface area contributed by atoms with Gasteiger partial charge in [-0.25, -0.2) is 0 Å². The van der Waals surface area contributed by atoms with Crippen molar-refractivity contribution in [1.82, 2.24) is 0 Å². The van der Waals surface area contributed by atoms with E-state index in [4.69, 9.17) is 0 Å². The molecular formula is C45H33IP2. The van der Waals surface area contributed by atoms with E-state index in [1.807, 2.05) is 0 Å². The molecule has 0 nitrogen and oxygen atoms in total. The SMILES string of the molecule is Cc1cc(P(c2ccccc2)c2ccccc2)c(-c2c(P(c3ccccc3)c3ccccc3)cc(I)c3ccccc23)c2ccccc12. The van der Waals surface area contributed by atoms with Crippen LogP contribution in [0, 0.1) is 10.5 Å². The Morgan fingerprint density at radius 3 is 1.08 bits per heavy atom. The topological polar surface area (TPSA) is 0 Å². The first-order chi connectivity index (χ1) is 23.7. The van der Waals surface area contributed by atoms with Gasteiger partial charge in [0.05, 0.1) is 0 Å². The van der Waals surface area contributed by atoms with E-state index >= 15 is 0 Å². The molecule has 8 aromatic rings. The molecule has 3 heteroatoms. The standard InChI is InChI=1S/C45H33IP2/c1-32-30-42(47(33-18-6-2-7-19-33)34-20-8-3-9-21-34)44(39-28-16-14-26-37(32)39)45-40-29-17-15-27-38(40)41(46)31-43(45)48(35-22-10-4-11-23-35)36-24-12-5-13-25-36/h2-31H,1H3. The van der Waals surface area contributed by atoms with Gasteiger partial charge >= 0.3 is 0 Å². The van der Waals surface area contributed by atoms with E-state index in [9.17, 15) is 0 Å². The number of rotatable bonds is 7. The summed E-state index contributed by atoms with van der Waals surface area (Å²) in [6.45, 7) is 2.28. The number of halogens is 1. The number of hydrogen-bond acceptors (Lipinski definition) is 0. The van der Waals surface area contributed by atoms with Gasteiger partial charge in [-0.3, -0.25) is 0 Å². The van der Waals surface area contributed by atoms with Crippen molar-refractivity contribution >= 4 is 91.8 Å². The number of fused-ring (bicyclic) bond motifs is 2. The fourth-order valence-corrected chi connectivity index (χ4v) is 13.0. The third-order valence-corrected chi connectivity index (χ3v) is 14.8. The zero-order valence-electron chi connectivity index (χ0n) is 26.6. The number of benzene rings is 8. The number of hydrogen-bond donors (Lipinski definition) is 0. The van der Waals surface area contributed by atoms with Crippen LogP contribution in [0.25, 0.3) is 32.7 Å². The molecular weight excluding hydrogens is 729 g/mol. The van der Waals surface area contributed by atoms with Crippen LogP contribution in [0.3, 0.4) is 0 Å². The average molecular weight is 763 g/mol. The van der Waals surface area contributed by atoms with Gasteiger partial charge in [-0.2, -0.15) is 0 Å². The summed E-state index contributed by atoms with van der Waals surface area (Å²) in [6, 6.07) is 67.7. The summed E-state index contributed by atoms with van der Waals surface area (Å²) in [5.41, 5.74) is 4.03. The highest BCUT2D eigenvalue weighted by Gasteiger charge is 2.29. The highest BCUT2D eigenvalue weighted by atomic mass is 127. The first kappa shape index (κ1) is 31.2. The lowest BCUT2D eigenvalue weighted by molar-refractivity contribution is 1.55. The van der Waals surface area contributed by atoms with Crippen LogP contribution in [0.1, 0.15) is 5.56 Å². The normalized spacial score (nSPS) is 11.5. The van der Waals surface area contributed by atoms with Gasteiger partial charge in [-0.1, -0.05) is 170 Å². The van der Waals surface area contributed by atoms with E-state index in [0.29, 0.717) is 0 Å². The molecule has 0 N–H and O–H groups in total. The Morgan fingerprint density at radius 2 is 0.667 bits per heavy atom. The Morgan fingerprint density at radius 1 is 0.354 bits per heavy atom. The molecule has 0 fully saturated rings. The van der Waals surface area contributed by atoms with E-state index < -0.39 is 15.8 Å². The zero-order chi connectivity index (χ0) is 32.5. The maximum absolute atomic E-state index is 2.57. The predicted molar refractivity (Wildman–Crippen MR) is 222 cm³/mol. The second-order valence-corrected chi connectivity index (χ2v) is 17.5. The molecule has 0 saturated heterocycles. The molecule has 8 rings (SSSR count). The van der Waals surface area contributed by atoms with Crippen molar-refractivity contribution in [2.24, 2.45) is 0 Å². The summed E-state index contributed by atoms with van der Waals surface area (Å²) in [6.07, 6.45) is 0. The van der Waals surface area contributed by atoms with Gasteiger partial charge in [0.25, 0.3) is 0 Å². The van der Waals surface area contributed by atoms with Gasteiger partial charge in [0.1, 0.15) is 0 Å². The monoisotopic (exact) mass is 762 g/mol. The minimum absolute atomic E-state index is 0.878. The third-order valence-electron chi connectivity index (χ3n) is 8.99. The Hall–Kier alpha value is -4.13. The van der Waals surface area contributed by atoms with Gasteiger partial charge in [-0.05, 0) is 128 Å². The van der Waals surface area contributed by atoms with E-state index in [0.717, 1.165) is 0 Å². The first-order valence-corrected chi connectivity index (χ1v) is 20.0. The summed E-state index contributed by atoms with van der Waals surface area (Å²) in [5.74, 6) is 0. The smallest absolute Gasteiger partial charge is 0.0215 e. The maximum atomic E-state index is 2.57. The molecule has 0 atom stereocenters. The van der Waals surface area contributed by atoms with Crippen LogP contribution in [0.4, 0.5) is 0 Å². The largest absolute Gasteiger partial charge is 0.0622 e. The maximum Gasteiger partial charge on any atom is 0.0215 e. The van der Waals surface area contributed by atoms with E-state index in [2.05, 4.69) is 212 Å². The second kappa shape index (κ2) is 13.8. The molecule has 0 heterocycles. The minimum atomic E-state index is -0.881. The fourth-order valence-electron chi connectivity index (χ4n) is 6.90. The molecule has 0 aliphatic rings. The van der Waals surface area contributed by atoms with E-state index in [1.165, 1.54) is 73.6 Å². The van der Waals surface area contributed by atoms with E-state index in [-0.39, 0.29) is 0 Å². The zero-order valence-corrected chi connectivity index (χ0v) is 30.5. The van der Waals surface area contributed by atoms with Crippen molar-refractivity contribution in [1.29, 1.82) is 0 Å². The van der Waals surface area contributed by atoms with Crippen molar-refractivity contribution < 1.29 is 0 Å². The van der Waals surface area contributed by atoms with Gasteiger partial charge in [-0.15, -0.1) is 0 Å². The van der Waals surface area contributed by atoms with Gasteiger partial charge in [0, 0.05) is 3.57 Å². The average Bonchev–Trinajstić information content (AvgIpc) is 3.15. The van der Waals surface area contributed by atoms with Crippen LogP contribution in [0.15, 0.2) is 182 Å². The Bertz CT molecular complexity index is 2110. The quantitative estimate of drug-likeness (QED) is 0.112. The molecule has 0 aliphatic carbocycles. The van der Waals surface area contributed by atoms with Crippen LogP contribution in [0.2, 0.25) is 0 Å². The van der Waals surface area contributed by atoms with Crippen LogP contribution in [-0.4, -0.2) is 0 Å². The molecule has 8 aromatic carbocycles. The third kappa shape index (κ3) is 5.79. The van der Waals surface area contributed by atoms with Crippen molar-refractivity contribution in [2.75, 3.05) is 0 Å². The summed E-state index contributed by atoms with van der Waals surface area (Å²) in [7, 11) is -1.76. The molecule has 0 unspecified atom stereocenters. The summed E-state index contributed by atoms with van der Waals surface area (Å²) >= 11 is 2.57. The van der Waals surface area contributed by atoms with Crippen molar-refractivity contribution in [3.63, 3.8) is 0 Å². The lowest BCUT2D eigenvalue weighted by atomic mass is 9.92. The van der Waals surface area contributed by atoms with Crippen LogP contribution >= 0.6 is 38.4 Å². The van der Waals surface area contributed by atoms with E-state index in [1.54, 1.807) is 0 Å². The van der Waals surface area contributed by atoms with Gasteiger partial charge in [0.15, 0.2) is 0 Å². The van der Waals surface area contributed by atoms with Crippen LogP contribution in [-0.2, 0) is 0 Å². The predicted octanol–water partition coefficient (Wildman–Crippen LogP) is 10.1. The molecule has 0 saturated carbocycles. The lowest BCUT2D eigenvalue weighted by Gasteiger charge is -2.29. The fraction of sp³-hybridized carbons (Fsp3) is 0.0222. The second-order valence-electron chi connectivity index (χ2n) is 11.9. The Kier molecular flexibility index (Phi) is 8.94. The Balaban J connectivity index is 1.57. The first-order valence-electron chi connectivity index (χ1n) is 16.2. The van der Waals surface area contributed by atoms with Crippen LogP contribution in [0.5, 0.6) is 0 Å². The minimum Gasteiger partial charge on any atom is -0.0622 e. The molecule has 0 aliphatic heterocycles. The van der Waals surface area contributed by atoms with Crippen molar-refractivity contribution in [2.45, 2.75) is 6.92 Å². The van der Waals surface area contributed by atoms with Gasteiger partial charge in [0.2, 0.25) is 0 Å². The Labute approximate surface area is 299 Å². The van der Waals surface area contributed by atoms with Crippen molar-refractivity contribution in [3.05, 3.63) is 191 Å². The van der Waals surface area contributed by atoms with Gasteiger partial charge < -0.3 is 0 Å². The summed E-state index contributed by atoms with van der Waals surface area (Å²) < 4.78 is 1.28. The molecule has 0 aromatic heterocycles. The molecule has 0 radical (unpaired) electrons. The molecule has 0 spiro atoms. The summed E-state index contributed by atoms with van der Waals surface area (Å²) in [5, 5.41) is 13.5. The molecule has 0 amide bonds. The highest BCUT2D eigenvalue weighted by molar-refractivity contribution is 14.1. The molecule has 0 bridgehead atoms. The highest BCUT2D eigenvalue weighted by Crippen LogP contribution is 2.46. The molecule has 48 heavy (non-hydrogen) atoms.